The highest BCUT2D eigenvalue weighted by atomic mass is 16.6. The van der Waals surface area contributed by atoms with Gasteiger partial charge in [0.15, 0.2) is 0 Å². The third-order valence-corrected chi connectivity index (χ3v) is 4.83. The smallest absolute Gasteiger partial charge is 0.326 e. The van der Waals surface area contributed by atoms with E-state index in [0.29, 0.717) is 13.0 Å². The molecule has 1 fully saturated rings. The minimum Gasteiger partial charge on any atom is -0.459 e. The number of benzene rings is 2. The van der Waals surface area contributed by atoms with Gasteiger partial charge in [0.1, 0.15) is 24.7 Å². The average molecular weight is 408 g/mol. The van der Waals surface area contributed by atoms with Gasteiger partial charge in [-0.05, 0) is 31.9 Å². The molecule has 30 heavy (non-hydrogen) atoms. The number of nitrogens with zero attached hydrogens (tertiary/aromatic N) is 2. The van der Waals surface area contributed by atoms with Crippen molar-refractivity contribution in [3.8, 4) is 0 Å². The lowest BCUT2D eigenvalue weighted by atomic mass is 10.0. The predicted molar refractivity (Wildman–Crippen MR) is 113 cm³/mol. The maximum Gasteiger partial charge on any atom is 0.326 e. The second-order valence-electron chi connectivity index (χ2n) is 8.49. The third kappa shape index (κ3) is 5.69. The highest BCUT2D eigenvalue weighted by Crippen LogP contribution is 2.20. The molecule has 0 unspecified atom stereocenters. The Bertz CT molecular complexity index is 890. The standard InChI is InChI=1S/C24H28N2O4/c1-24(2,3)30-22(28)17-26-20(14-18-10-6-4-7-11-18)23(29)25(16-21(26)27)15-19-12-8-5-9-13-19/h4-13,20H,14-17H2,1-3H3/t20-/m1/s1. The minimum atomic E-state index is -0.745. The molecule has 1 aliphatic rings. The molecule has 3 rings (SSSR count). The molecule has 158 valence electrons. The number of carbonyl (C=O) groups excluding carboxylic acids is 3. The molecular weight excluding hydrogens is 380 g/mol. The summed E-state index contributed by atoms with van der Waals surface area (Å²) in [6, 6.07) is 18.3. The number of ether oxygens (including phenoxy) is 1. The van der Waals surface area contributed by atoms with Gasteiger partial charge >= 0.3 is 5.97 Å². The van der Waals surface area contributed by atoms with Gasteiger partial charge in [-0.3, -0.25) is 14.4 Å². The fourth-order valence-corrected chi connectivity index (χ4v) is 3.53. The Labute approximate surface area is 177 Å². The van der Waals surface area contributed by atoms with E-state index in [1.807, 2.05) is 60.7 Å². The molecule has 1 aliphatic heterocycles. The maximum atomic E-state index is 13.3. The summed E-state index contributed by atoms with van der Waals surface area (Å²) in [6.07, 6.45) is 0.347. The van der Waals surface area contributed by atoms with Crippen LogP contribution in [0.4, 0.5) is 0 Å². The number of hydrogen-bond acceptors (Lipinski definition) is 4. The normalized spacial score (nSPS) is 17.2. The van der Waals surface area contributed by atoms with E-state index in [4.69, 9.17) is 4.74 Å². The summed E-state index contributed by atoms with van der Waals surface area (Å²) < 4.78 is 5.39. The Balaban J connectivity index is 1.82. The molecule has 6 heteroatoms. The van der Waals surface area contributed by atoms with Gasteiger partial charge in [0.2, 0.25) is 11.8 Å². The summed E-state index contributed by atoms with van der Waals surface area (Å²) >= 11 is 0. The third-order valence-electron chi connectivity index (χ3n) is 4.83. The lowest BCUT2D eigenvalue weighted by Gasteiger charge is -2.40. The van der Waals surface area contributed by atoms with Crippen LogP contribution in [0.1, 0.15) is 31.9 Å². The minimum absolute atomic E-state index is 0.0538. The van der Waals surface area contributed by atoms with Gasteiger partial charge in [-0.25, -0.2) is 0 Å². The van der Waals surface area contributed by atoms with Crippen LogP contribution in [0, 0.1) is 0 Å². The van der Waals surface area contributed by atoms with Gasteiger partial charge in [0.05, 0.1) is 0 Å². The van der Waals surface area contributed by atoms with Gasteiger partial charge in [-0.15, -0.1) is 0 Å². The van der Waals surface area contributed by atoms with Crippen LogP contribution in [0.15, 0.2) is 60.7 Å². The van der Waals surface area contributed by atoms with Crippen LogP contribution >= 0.6 is 0 Å². The molecule has 2 aromatic carbocycles. The number of rotatable bonds is 6. The maximum absolute atomic E-state index is 13.3. The Morgan fingerprint density at radius 3 is 2.10 bits per heavy atom. The lowest BCUT2D eigenvalue weighted by molar-refractivity contribution is -0.166. The van der Waals surface area contributed by atoms with Crippen molar-refractivity contribution in [2.45, 2.75) is 45.4 Å². The summed E-state index contributed by atoms with van der Waals surface area (Å²) in [6.45, 7) is 5.39. The Morgan fingerprint density at radius 2 is 1.53 bits per heavy atom. The predicted octanol–water partition coefficient (Wildman–Crippen LogP) is 2.81. The first kappa shape index (κ1) is 21.6. The van der Waals surface area contributed by atoms with E-state index in [2.05, 4.69) is 0 Å². The molecule has 2 aromatic rings. The van der Waals surface area contributed by atoms with Crippen LogP contribution in [0.3, 0.4) is 0 Å². The summed E-state index contributed by atoms with van der Waals surface area (Å²) in [5, 5.41) is 0. The van der Waals surface area contributed by atoms with E-state index >= 15 is 0 Å². The van der Waals surface area contributed by atoms with E-state index in [1.165, 1.54) is 4.90 Å². The molecule has 0 aliphatic carbocycles. The highest BCUT2D eigenvalue weighted by molar-refractivity contribution is 5.96. The molecule has 0 spiro atoms. The molecule has 2 amide bonds. The van der Waals surface area contributed by atoms with E-state index < -0.39 is 17.6 Å². The van der Waals surface area contributed by atoms with Gasteiger partial charge in [-0.1, -0.05) is 60.7 Å². The van der Waals surface area contributed by atoms with Crippen LogP contribution in [0.2, 0.25) is 0 Å². The molecule has 6 nitrogen and oxygen atoms in total. The molecule has 0 radical (unpaired) electrons. The molecular formula is C24H28N2O4. The first-order chi connectivity index (χ1) is 14.2. The van der Waals surface area contributed by atoms with Crippen molar-refractivity contribution < 1.29 is 19.1 Å². The largest absolute Gasteiger partial charge is 0.459 e. The van der Waals surface area contributed by atoms with Crippen LogP contribution in [-0.4, -0.2) is 52.3 Å². The summed E-state index contributed by atoms with van der Waals surface area (Å²) in [7, 11) is 0. The SMILES string of the molecule is CC(C)(C)OC(=O)CN1C(=O)CN(Cc2ccccc2)C(=O)[C@H]1Cc1ccccc1. The van der Waals surface area contributed by atoms with Crippen molar-refractivity contribution in [1.29, 1.82) is 0 Å². The van der Waals surface area contributed by atoms with Crippen molar-refractivity contribution in [2.75, 3.05) is 13.1 Å². The van der Waals surface area contributed by atoms with Crippen molar-refractivity contribution in [3.63, 3.8) is 0 Å². The van der Waals surface area contributed by atoms with Gasteiger partial charge in [0, 0.05) is 13.0 Å². The number of carbonyl (C=O) groups is 3. The molecule has 1 heterocycles. The highest BCUT2D eigenvalue weighted by Gasteiger charge is 2.40. The van der Waals surface area contributed by atoms with Crippen molar-refractivity contribution in [3.05, 3.63) is 71.8 Å². The molecule has 1 atom stereocenters. The fourth-order valence-electron chi connectivity index (χ4n) is 3.53. The second-order valence-corrected chi connectivity index (χ2v) is 8.49. The van der Waals surface area contributed by atoms with Crippen LogP contribution in [0.25, 0.3) is 0 Å². The quantitative estimate of drug-likeness (QED) is 0.690. The molecule has 0 saturated carbocycles. The monoisotopic (exact) mass is 408 g/mol. The molecule has 0 N–H and O–H groups in total. The Hall–Kier alpha value is -3.15. The van der Waals surface area contributed by atoms with E-state index in [0.717, 1.165) is 11.1 Å². The van der Waals surface area contributed by atoms with E-state index in [9.17, 15) is 14.4 Å². The van der Waals surface area contributed by atoms with E-state index in [1.54, 1.807) is 25.7 Å². The first-order valence-corrected chi connectivity index (χ1v) is 10.1. The van der Waals surface area contributed by atoms with Gasteiger partial charge < -0.3 is 14.5 Å². The van der Waals surface area contributed by atoms with E-state index in [-0.39, 0.29) is 24.9 Å². The topological polar surface area (TPSA) is 66.9 Å². The zero-order valence-electron chi connectivity index (χ0n) is 17.7. The van der Waals surface area contributed by atoms with Crippen LogP contribution in [0.5, 0.6) is 0 Å². The van der Waals surface area contributed by atoms with Crippen molar-refractivity contribution >= 4 is 17.8 Å². The second kappa shape index (κ2) is 9.11. The number of hydrogen-bond donors (Lipinski definition) is 0. The number of amides is 2. The van der Waals surface area contributed by atoms with Crippen molar-refractivity contribution in [2.24, 2.45) is 0 Å². The zero-order valence-corrected chi connectivity index (χ0v) is 17.7. The van der Waals surface area contributed by atoms with Gasteiger partial charge in [-0.2, -0.15) is 0 Å². The zero-order chi connectivity index (χ0) is 21.7. The van der Waals surface area contributed by atoms with Crippen LogP contribution < -0.4 is 0 Å². The Morgan fingerprint density at radius 1 is 0.967 bits per heavy atom. The van der Waals surface area contributed by atoms with Crippen LogP contribution in [-0.2, 0) is 32.1 Å². The molecule has 0 bridgehead atoms. The van der Waals surface area contributed by atoms with Crippen molar-refractivity contribution in [1.82, 2.24) is 9.80 Å². The summed E-state index contributed by atoms with van der Waals surface area (Å²) in [5.41, 5.74) is 1.23. The number of piperazine rings is 1. The van der Waals surface area contributed by atoms with Gasteiger partial charge in [0.25, 0.3) is 0 Å². The first-order valence-electron chi connectivity index (χ1n) is 10.1. The fraction of sp³-hybridized carbons (Fsp3) is 0.375. The molecule has 0 aromatic heterocycles. The summed E-state index contributed by atoms with van der Waals surface area (Å²) in [5.74, 6) is -0.929. The molecule has 1 saturated heterocycles. The lowest BCUT2D eigenvalue weighted by Crippen LogP contribution is -2.61. The average Bonchev–Trinajstić information content (AvgIpc) is 2.69. The Kier molecular flexibility index (Phi) is 6.55. The number of esters is 1. The summed E-state index contributed by atoms with van der Waals surface area (Å²) in [4.78, 5) is 41.6.